The van der Waals surface area contributed by atoms with Crippen molar-refractivity contribution in [1.82, 2.24) is 14.9 Å². The molecule has 6 heteroatoms. The van der Waals surface area contributed by atoms with Crippen molar-refractivity contribution in [3.8, 4) is 0 Å². The van der Waals surface area contributed by atoms with Gasteiger partial charge in [0.05, 0.1) is 19.5 Å². The highest BCUT2D eigenvalue weighted by Crippen LogP contribution is 2.29. The van der Waals surface area contributed by atoms with Crippen molar-refractivity contribution < 1.29 is 9.53 Å². The molecule has 2 atom stereocenters. The van der Waals surface area contributed by atoms with Crippen LogP contribution in [0.2, 0.25) is 0 Å². The fourth-order valence-electron chi connectivity index (χ4n) is 3.08. The molecule has 0 saturated carbocycles. The Morgan fingerprint density at radius 3 is 3.16 bits per heavy atom. The molecule has 2 aliphatic heterocycles. The molecule has 102 valence electrons. The van der Waals surface area contributed by atoms with Gasteiger partial charge in [0.25, 0.3) is 0 Å². The lowest BCUT2D eigenvalue weighted by atomic mass is 10.1. The van der Waals surface area contributed by atoms with Gasteiger partial charge in [0.1, 0.15) is 5.82 Å². The summed E-state index contributed by atoms with van der Waals surface area (Å²) in [6.45, 7) is 2.35. The van der Waals surface area contributed by atoms with Gasteiger partial charge in [0.2, 0.25) is 0 Å². The summed E-state index contributed by atoms with van der Waals surface area (Å²) in [7, 11) is 1.34. The summed E-state index contributed by atoms with van der Waals surface area (Å²) in [4.78, 5) is 22.2. The van der Waals surface area contributed by atoms with Gasteiger partial charge in [-0.05, 0) is 25.8 Å². The minimum Gasteiger partial charge on any atom is -0.464 e. The second-order valence-corrected chi connectivity index (χ2v) is 5.07. The Bertz CT molecular complexity index is 479. The number of anilines is 1. The van der Waals surface area contributed by atoms with E-state index in [9.17, 15) is 4.79 Å². The molecule has 0 bridgehead atoms. The fraction of sp³-hybridized carbons (Fsp3) is 0.615. The van der Waals surface area contributed by atoms with Gasteiger partial charge in [-0.25, -0.2) is 9.78 Å². The maximum Gasteiger partial charge on any atom is 0.358 e. The molecular formula is C13H18N4O2. The molecule has 0 spiro atoms. The van der Waals surface area contributed by atoms with Crippen LogP contribution in [-0.2, 0) is 4.74 Å². The normalized spacial score (nSPS) is 26.2. The summed E-state index contributed by atoms with van der Waals surface area (Å²) >= 11 is 0. The predicted octanol–water partition coefficient (Wildman–Crippen LogP) is 0.912. The van der Waals surface area contributed by atoms with Crippen molar-refractivity contribution in [2.45, 2.75) is 31.3 Å². The van der Waals surface area contributed by atoms with Gasteiger partial charge >= 0.3 is 5.97 Å². The lowest BCUT2D eigenvalue weighted by Crippen LogP contribution is -2.34. The predicted molar refractivity (Wildman–Crippen MR) is 70.0 cm³/mol. The van der Waals surface area contributed by atoms with Gasteiger partial charge in [-0.2, -0.15) is 0 Å². The van der Waals surface area contributed by atoms with E-state index in [2.05, 4.69) is 24.9 Å². The van der Waals surface area contributed by atoms with E-state index in [4.69, 9.17) is 0 Å². The molecule has 3 heterocycles. The number of ether oxygens (including phenoxy) is 1. The van der Waals surface area contributed by atoms with E-state index in [1.54, 1.807) is 6.20 Å². The van der Waals surface area contributed by atoms with E-state index >= 15 is 0 Å². The van der Waals surface area contributed by atoms with Crippen LogP contribution in [0.3, 0.4) is 0 Å². The molecule has 2 unspecified atom stereocenters. The molecule has 19 heavy (non-hydrogen) atoms. The van der Waals surface area contributed by atoms with Crippen molar-refractivity contribution in [1.29, 1.82) is 0 Å². The number of hydrogen-bond acceptors (Lipinski definition) is 6. The molecular weight excluding hydrogens is 244 g/mol. The summed E-state index contributed by atoms with van der Waals surface area (Å²) in [5.74, 6) is 0.201. The number of methoxy groups -OCH3 is 1. The number of fused-ring (bicyclic) bond motifs is 1. The Kier molecular flexibility index (Phi) is 3.33. The third-order valence-electron chi connectivity index (χ3n) is 3.97. The molecule has 0 aromatic carbocycles. The second kappa shape index (κ2) is 5.13. The Hall–Kier alpha value is -1.69. The Labute approximate surface area is 112 Å². The number of nitrogens with one attached hydrogen (secondary N) is 1. The summed E-state index contributed by atoms with van der Waals surface area (Å²) < 4.78 is 4.65. The lowest BCUT2D eigenvalue weighted by Gasteiger charge is -2.21. The minimum absolute atomic E-state index is 0.244. The molecule has 0 amide bonds. The molecule has 0 radical (unpaired) electrons. The first-order chi connectivity index (χ1) is 9.28. The zero-order valence-corrected chi connectivity index (χ0v) is 11.0. The smallest absolute Gasteiger partial charge is 0.358 e. The van der Waals surface area contributed by atoms with Crippen LogP contribution in [0, 0.1) is 0 Å². The van der Waals surface area contributed by atoms with Gasteiger partial charge in [0.15, 0.2) is 5.69 Å². The largest absolute Gasteiger partial charge is 0.464 e. The summed E-state index contributed by atoms with van der Waals surface area (Å²) in [5, 5.41) is 3.41. The quantitative estimate of drug-likeness (QED) is 0.817. The molecule has 2 fully saturated rings. The third-order valence-corrected chi connectivity index (χ3v) is 3.97. The lowest BCUT2D eigenvalue weighted by molar-refractivity contribution is 0.0593. The van der Waals surface area contributed by atoms with Crippen LogP contribution in [0.1, 0.15) is 29.8 Å². The molecule has 2 saturated heterocycles. The van der Waals surface area contributed by atoms with Crippen LogP contribution < -0.4 is 5.32 Å². The number of carbonyl (C=O) groups is 1. The van der Waals surface area contributed by atoms with Gasteiger partial charge < -0.3 is 10.1 Å². The molecule has 3 rings (SSSR count). The van der Waals surface area contributed by atoms with Gasteiger partial charge in [-0.1, -0.05) is 0 Å². The van der Waals surface area contributed by atoms with E-state index in [0.29, 0.717) is 17.9 Å². The molecule has 6 nitrogen and oxygen atoms in total. The van der Waals surface area contributed by atoms with E-state index < -0.39 is 5.97 Å². The van der Waals surface area contributed by atoms with E-state index in [1.165, 1.54) is 32.7 Å². The van der Waals surface area contributed by atoms with Crippen molar-refractivity contribution >= 4 is 11.8 Å². The molecule has 2 aliphatic rings. The average Bonchev–Trinajstić information content (AvgIpc) is 3.03. The second-order valence-electron chi connectivity index (χ2n) is 5.07. The van der Waals surface area contributed by atoms with Crippen LogP contribution in [-0.4, -0.2) is 53.1 Å². The maximum atomic E-state index is 11.4. The topological polar surface area (TPSA) is 67.3 Å². The van der Waals surface area contributed by atoms with Crippen LogP contribution in [0.4, 0.5) is 5.82 Å². The van der Waals surface area contributed by atoms with Gasteiger partial charge in [0, 0.05) is 18.6 Å². The van der Waals surface area contributed by atoms with Crippen molar-refractivity contribution in [3.05, 3.63) is 18.1 Å². The number of carbonyl (C=O) groups excluding carboxylic acids is 1. The molecule has 1 N–H and O–H groups in total. The average molecular weight is 262 g/mol. The first-order valence-electron chi connectivity index (χ1n) is 6.69. The Morgan fingerprint density at radius 1 is 1.42 bits per heavy atom. The molecule has 0 aliphatic carbocycles. The minimum atomic E-state index is -0.454. The highest BCUT2D eigenvalue weighted by Gasteiger charge is 2.37. The van der Waals surface area contributed by atoms with E-state index in [1.807, 2.05) is 0 Å². The summed E-state index contributed by atoms with van der Waals surface area (Å²) in [5.41, 5.74) is 0.244. The first-order valence-corrected chi connectivity index (χ1v) is 6.69. The standard InChI is InChI=1S/C13H18N4O2/c1-19-13(18)10-7-14-8-12(16-10)15-9-4-6-17-5-2-3-11(9)17/h7-9,11H,2-6H2,1H3,(H,15,16). The number of aromatic nitrogens is 2. The fourth-order valence-corrected chi connectivity index (χ4v) is 3.08. The molecule has 1 aromatic rings. The Morgan fingerprint density at radius 2 is 2.32 bits per heavy atom. The van der Waals surface area contributed by atoms with Crippen molar-refractivity contribution in [2.24, 2.45) is 0 Å². The van der Waals surface area contributed by atoms with E-state index in [-0.39, 0.29) is 5.69 Å². The zero-order chi connectivity index (χ0) is 13.2. The van der Waals surface area contributed by atoms with Crippen LogP contribution in [0.25, 0.3) is 0 Å². The maximum absolute atomic E-state index is 11.4. The highest BCUT2D eigenvalue weighted by molar-refractivity contribution is 5.87. The number of hydrogen-bond donors (Lipinski definition) is 1. The number of rotatable bonds is 3. The van der Waals surface area contributed by atoms with Crippen LogP contribution in [0.15, 0.2) is 12.4 Å². The SMILES string of the molecule is COC(=O)c1cncc(NC2CCN3CCCC23)n1. The zero-order valence-electron chi connectivity index (χ0n) is 11.0. The Balaban J connectivity index is 1.71. The van der Waals surface area contributed by atoms with Gasteiger partial charge in [-0.15, -0.1) is 0 Å². The molecule has 1 aromatic heterocycles. The van der Waals surface area contributed by atoms with Crippen molar-refractivity contribution in [3.63, 3.8) is 0 Å². The highest BCUT2D eigenvalue weighted by atomic mass is 16.5. The summed E-state index contributed by atoms with van der Waals surface area (Å²) in [6.07, 6.45) is 6.71. The van der Waals surface area contributed by atoms with E-state index in [0.717, 1.165) is 13.0 Å². The van der Waals surface area contributed by atoms with Gasteiger partial charge in [-0.3, -0.25) is 9.88 Å². The third kappa shape index (κ3) is 2.40. The summed E-state index contributed by atoms with van der Waals surface area (Å²) in [6, 6.07) is 1.01. The van der Waals surface area contributed by atoms with Crippen LogP contribution >= 0.6 is 0 Å². The monoisotopic (exact) mass is 262 g/mol. The van der Waals surface area contributed by atoms with Crippen molar-refractivity contribution in [2.75, 3.05) is 25.5 Å². The number of nitrogens with zero attached hydrogens (tertiary/aromatic N) is 3. The first kappa shape index (κ1) is 12.3. The van der Waals surface area contributed by atoms with Crippen LogP contribution in [0.5, 0.6) is 0 Å². The number of esters is 1.